The van der Waals surface area contributed by atoms with Crippen LogP contribution in [0.1, 0.15) is 28.9 Å². The van der Waals surface area contributed by atoms with Crippen LogP contribution >= 0.6 is 0 Å². The molecule has 4 nitrogen and oxygen atoms in total. The predicted octanol–water partition coefficient (Wildman–Crippen LogP) is 4.19. The molecule has 1 fully saturated rings. The van der Waals surface area contributed by atoms with Crippen molar-refractivity contribution in [3.8, 4) is 0 Å². The molecule has 0 atom stereocenters. The molecule has 0 radical (unpaired) electrons. The van der Waals surface area contributed by atoms with Gasteiger partial charge in [-0.1, -0.05) is 29.8 Å². The number of anilines is 1. The van der Waals surface area contributed by atoms with Crippen LogP contribution in [-0.4, -0.2) is 34.9 Å². The van der Waals surface area contributed by atoms with E-state index in [0.717, 1.165) is 42.5 Å². The Morgan fingerprint density at radius 1 is 1.08 bits per heavy atom. The third-order valence-corrected chi connectivity index (χ3v) is 4.93. The third-order valence-electron chi connectivity index (χ3n) is 4.93. The highest BCUT2D eigenvalue weighted by Gasteiger charge is 2.24. The van der Waals surface area contributed by atoms with Crippen molar-refractivity contribution in [3.05, 3.63) is 65.9 Å². The van der Waals surface area contributed by atoms with Gasteiger partial charge in [-0.05, 0) is 50.1 Å². The van der Waals surface area contributed by atoms with Crippen molar-refractivity contribution >= 4 is 22.5 Å². The minimum Gasteiger partial charge on any atom is -0.382 e. The standard InChI is InChI=1S/C21H23N3O/c1-15-7-8-19-16(13-15)14-20(23-19)21(25)24-11-9-18(10-12-24)22-17-5-3-2-4-6-17/h2-8,13-14,18,22-23H,9-12H2,1H3. The van der Waals surface area contributed by atoms with Crippen LogP contribution in [0.15, 0.2) is 54.6 Å². The first-order valence-electron chi connectivity index (χ1n) is 8.89. The lowest BCUT2D eigenvalue weighted by Crippen LogP contribution is -2.42. The molecule has 3 aromatic rings. The number of amides is 1. The Balaban J connectivity index is 1.40. The molecule has 2 N–H and O–H groups in total. The maximum absolute atomic E-state index is 12.8. The van der Waals surface area contributed by atoms with Gasteiger partial charge in [0.25, 0.3) is 5.91 Å². The normalized spacial score (nSPS) is 15.5. The molecule has 0 spiro atoms. The van der Waals surface area contributed by atoms with Crippen molar-refractivity contribution in [3.63, 3.8) is 0 Å². The summed E-state index contributed by atoms with van der Waals surface area (Å²) < 4.78 is 0. The summed E-state index contributed by atoms with van der Waals surface area (Å²) >= 11 is 0. The molecular formula is C21H23N3O. The number of carbonyl (C=O) groups is 1. The summed E-state index contributed by atoms with van der Waals surface area (Å²) in [6.07, 6.45) is 1.94. The first-order chi connectivity index (χ1) is 12.2. The zero-order valence-electron chi connectivity index (χ0n) is 14.5. The molecule has 4 heteroatoms. The van der Waals surface area contributed by atoms with Crippen LogP contribution in [0.5, 0.6) is 0 Å². The van der Waals surface area contributed by atoms with Crippen molar-refractivity contribution in [2.24, 2.45) is 0 Å². The summed E-state index contributed by atoms with van der Waals surface area (Å²) in [7, 11) is 0. The number of carbonyl (C=O) groups excluding carboxylic acids is 1. The summed E-state index contributed by atoms with van der Waals surface area (Å²) in [6, 6.07) is 18.9. The van der Waals surface area contributed by atoms with Gasteiger partial charge in [0.2, 0.25) is 0 Å². The second kappa shape index (κ2) is 6.63. The van der Waals surface area contributed by atoms with E-state index in [9.17, 15) is 4.79 Å². The van der Waals surface area contributed by atoms with Crippen LogP contribution in [0, 0.1) is 6.92 Å². The second-order valence-corrected chi connectivity index (χ2v) is 6.85. The molecule has 2 aromatic carbocycles. The number of piperidine rings is 1. The monoisotopic (exact) mass is 333 g/mol. The van der Waals surface area contributed by atoms with E-state index in [4.69, 9.17) is 0 Å². The van der Waals surface area contributed by atoms with Crippen LogP contribution in [0.4, 0.5) is 5.69 Å². The van der Waals surface area contributed by atoms with Crippen LogP contribution < -0.4 is 5.32 Å². The van der Waals surface area contributed by atoms with Crippen LogP contribution in [0.3, 0.4) is 0 Å². The molecule has 1 saturated heterocycles. The van der Waals surface area contributed by atoms with E-state index in [2.05, 4.69) is 41.5 Å². The molecule has 1 aromatic heterocycles. The molecular weight excluding hydrogens is 310 g/mol. The minimum absolute atomic E-state index is 0.104. The summed E-state index contributed by atoms with van der Waals surface area (Å²) in [6.45, 7) is 3.65. The maximum Gasteiger partial charge on any atom is 0.270 e. The van der Waals surface area contributed by atoms with E-state index >= 15 is 0 Å². The van der Waals surface area contributed by atoms with Crippen molar-refractivity contribution in [2.75, 3.05) is 18.4 Å². The summed E-state index contributed by atoms with van der Waals surface area (Å²) in [5.74, 6) is 0.104. The number of nitrogens with one attached hydrogen (secondary N) is 2. The third kappa shape index (κ3) is 3.38. The Morgan fingerprint density at radius 2 is 1.84 bits per heavy atom. The first-order valence-corrected chi connectivity index (χ1v) is 8.89. The van der Waals surface area contributed by atoms with Gasteiger partial charge >= 0.3 is 0 Å². The average molecular weight is 333 g/mol. The average Bonchev–Trinajstić information content (AvgIpc) is 3.06. The molecule has 1 aliphatic rings. The largest absolute Gasteiger partial charge is 0.382 e. The molecule has 0 saturated carbocycles. The van der Waals surface area contributed by atoms with Gasteiger partial charge < -0.3 is 15.2 Å². The number of fused-ring (bicyclic) bond motifs is 1. The second-order valence-electron chi connectivity index (χ2n) is 6.85. The first kappa shape index (κ1) is 15.8. The lowest BCUT2D eigenvalue weighted by atomic mass is 10.0. The predicted molar refractivity (Wildman–Crippen MR) is 102 cm³/mol. The SMILES string of the molecule is Cc1ccc2[nH]c(C(=O)N3CCC(Nc4ccccc4)CC3)cc2c1. The number of benzene rings is 2. The number of aromatic amines is 1. The number of para-hydroxylation sites is 1. The van der Waals surface area contributed by atoms with Gasteiger partial charge in [0.05, 0.1) is 0 Å². The van der Waals surface area contributed by atoms with Gasteiger partial charge in [-0.3, -0.25) is 4.79 Å². The van der Waals surface area contributed by atoms with E-state index in [1.165, 1.54) is 5.56 Å². The Hall–Kier alpha value is -2.75. The van der Waals surface area contributed by atoms with E-state index < -0.39 is 0 Å². The molecule has 0 bridgehead atoms. The number of hydrogen-bond donors (Lipinski definition) is 2. The topological polar surface area (TPSA) is 48.1 Å². The zero-order valence-corrected chi connectivity index (χ0v) is 14.5. The fourth-order valence-electron chi connectivity index (χ4n) is 3.53. The van der Waals surface area contributed by atoms with Crippen molar-refractivity contribution < 1.29 is 4.79 Å². The zero-order chi connectivity index (χ0) is 17.2. The minimum atomic E-state index is 0.104. The molecule has 0 aliphatic carbocycles. The Bertz CT molecular complexity index is 877. The molecule has 128 valence electrons. The number of aryl methyl sites for hydroxylation is 1. The van der Waals surface area contributed by atoms with Crippen molar-refractivity contribution in [2.45, 2.75) is 25.8 Å². The number of aromatic nitrogens is 1. The quantitative estimate of drug-likeness (QED) is 0.755. The van der Waals surface area contributed by atoms with Crippen LogP contribution in [-0.2, 0) is 0 Å². The van der Waals surface area contributed by atoms with E-state index in [0.29, 0.717) is 11.7 Å². The fraction of sp³-hybridized carbons (Fsp3) is 0.286. The molecule has 4 rings (SSSR count). The van der Waals surface area contributed by atoms with Crippen LogP contribution in [0.2, 0.25) is 0 Å². The Labute approximate surface area is 147 Å². The van der Waals surface area contributed by atoms with E-state index in [1.54, 1.807) is 0 Å². The van der Waals surface area contributed by atoms with Gasteiger partial charge in [0, 0.05) is 35.7 Å². The van der Waals surface area contributed by atoms with Gasteiger partial charge in [-0.15, -0.1) is 0 Å². The van der Waals surface area contributed by atoms with Gasteiger partial charge in [0.1, 0.15) is 5.69 Å². The van der Waals surface area contributed by atoms with Crippen molar-refractivity contribution in [1.82, 2.24) is 9.88 Å². The molecule has 25 heavy (non-hydrogen) atoms. The Morgan fingerprint density at radius 3 is 2.60 bits per heavy atom. The highest BCUT2D eigenvalue weighted by atomic mass is 16.2. The number of H-pyrrole nitrogens is 1. The molecule has 1 amide bonds. The highest BCUT2D eigenvalue weighted by Crippen LogP contribution is 2.21. The summed E-state index contributed by atoms with van der Waals surface area (Å²) in [5, 5.41) is 4.66. The molecule has 1 aliphatic heterocycles. The lowest BCUT2D eigenvalue weighted by Gasteiger charge is -2.32. The number of hydrogen-bond acceptors (Lipinski definition) is 2. The molecule has 2 heterocycles. The number of rotatable bonds is 3. The number of nitrogens with zero attached hydrogens (tertiary/aromatic N) is 1. The van der Waals surface area contributed by atoms with Gasteiger partial charge in [-0.2, -0.15) is 0 Å². The van der Waals surface area contributed by atoms with Crippen LogP contribution in [0.25, 0.3) is 10.9 Å². The highest BCUT2D eigenvalue weighted by molar-refractivity contribution is 5.98. The number of likely N-dealkylation sites (tertiary alicyclic amines) is 1. The lowest BCUT2D eigenvalue weighted by molar-refractivity contribution is 0.0713. The summed E-state index contributed by atoms with van der Waals surface area (Å²) in [5.41, 5.74) is 4.07. The maximum atomic E-state index is 12.8. The van der Waals surface area contributed by atoms with Crippen molar-refractivity contribution in [1.29, 1.82) is 0 Å². The van der Waals surface area contributed by atoms with E-state index in [1.807, 2.05) is 35.2 Å². The Kier molecular flexibility index (Phi) is 4.18. The smallest absolute Gasteiger partial charge is 0.270 e. The van der Waals surface area contributed by atoms with Gasteiger partial charge in [-0.25, -0.2) is 0 Å². The fourth-order valence-corrected chi connectivity index (χ4v) is 3.53. The molecule has 0 unspecified atom stereocenters. The summed E-state index contributed by atoms with van der Waals surface area (Å²) in [4.78, 5) is 18.0. The van der Waals surface area contributed by atoms with Gasteiger partial charge in [0.15, 0.2) is 0 Å². The van der Waals surface area contributed by atoms with E-state index in [-0.39, 0.29) is 5.91 Å².